The van der Waals surface area contributed by atoms with Gasteiger partial charge in [0, 0.05) is 31.1 Å². The Morgan fingerprint density at radius 3 is 2.88 bits per heavy atom. The maximum atomic E-state index is 12.2. The Bertz CT molecular complexity index is 899. The molecule has 2 heterocycles. The minimum atomic E-state index is -0.187. The number of fused-ring (bicyclic) bond motifs is 1. The number of hydrogen-bond acceptors (Lipinski definition) is 5. The number of H-pyrrole nitrogens is 2. The Labute approximate surface area is 143 Å². The van der Waals surface area contributed by atoms with Crippen LogP contribution in [0, 0.1) is 6.92 Å². The first-order valence-corrected chi connectivity index (χ1v) is 7.86. The van der Waals surface area contributed by atoms with Gasteiger partial charge in [0.25, 0.3) is 5.91 Å². The summed E-state index contributed by atoms with van der Waals surface area (Å²) in [6.45, 7) is 2.54. The molecule has 9 nitrogen and oxygen atoms in total. The number of hydrogen-bond donors (Lipinski definition) is 3. The molecule has 0 radical (unpaired) electrons. The van der Waals surface area contributed by atoms with Crippen molar-refractivity contribution in [3.63, 3.8) is 0 Å². The molecule has 0 aliphatic rings. The lowest BCUT2D eigenvalue weighted by molar-refractivity contribution is -0.129. The van der Waals surface area contributed by atoms with Gasteiger partial charge in [-0.05, 0) is 25.1 Å². The van der Waals surface area contributed by atoms with Crippen molar-refractivity contribution in [2.75, 3.05) is 20.1 Å². The fourth-order valence-corrected chi connectivity index (χ4v) is 2.39. The lowest BCUT2D eigenvalue weighted by Gasteiger charge is -2.16. The zero-order chi connectivity index (χ0) is 17.8. The van der Waals surface area contributed by atoms with Crippen LogP contribution in [0.1, 0.15) is 22.0 Å². The van der Waals surface area contributed by atoms with Crippen molar-refractivity contribution >= 4 is 22.7 Å². The van der Waals surface area contributed by atoms with Gasteiger partial charge in [-0.25, -0.2) is 4.98 Å². The molecule has 3 rings (SSSR count). The second kappa shape index (κ2) is 7.12. The first kappa shape index (κ1) is 16.6. The lowest BCUT2D eigenvalue weighted by atomic mass is 10.1. The van der Waals surface area contributed by atoms with Crippen LogP contribution in [0.2, 0.25) is 0 Å². The highest BCUT2D eigenvalue weighted by molar-refractivity contribution is 5.97. The van der Waals surface area contributed by atoms with E-state index in [-0.39, 0.29) is 18.2 Å². The molecule has 2 amide bonds. The number of aryl methyl sites for hydroxylation is 1. The van der Waals surface area contributed by atoms with Gasteiger partial charge >= 0.3 is 0 Å². The van der Waals surface area contributed by atoms with Gasteiger partial charge in [-0.2, -0.15) is 10.2 Å². The van der Waals surface area contributed by atoms with E-state index in [1.165, 1.54) is 0 Å². The number of nitrogens with zero attached hydrogens (tertiary/aromatic N) is 4. The molecule has 1 aromatic carbocycles. The summed E-state index contributed by atoms with van der Waals surface area (Å²) in [5, 5.41) is 17.1. The summed E-state index contributed by atoms with van der Waals surface area (Å²) in [7, 11) is 1.69. The summed E-state index contributed by atoms with van der Waals surface area (Å²) in [5.41, 5.74) is 1.43. The number of aromatic amines is 2. The predicted octanol–water partition coefficient (Wildman–Crippen LogP) is 0.420. The van der Waals surface area contributed by atoms with Crippen LogP contribution in [-0.4, -0.2) is 62.2 Å². The second-order valence-electron chi connectivity index (χ2n) is 5.76. The minimum absolute atomic E-state index is 0.104. The molecule has 0 atom stereocenters. The normalized spacial score (nSPS) is 10.8. The standard InChI is InChI=1S/C16H19N7O2/c1-10-19-14(22-20-10)8-15(24)23(2)6-5-17-16(25)11-3-4-13-12(7-11)9-18-21-13/h3-4,7,9H,5-6,8H2,1-2H3,(H,17,25)(H,18,21)(H,19,20,22). The van der Waals surface area contributed by atoms with Crippen molar-refractivity contribution < 1.29 is 9.59 Å². The van der Waals surface area contributed by atoms with Gasteiger partial charge in [0.2, 0.25) is 5.91 Å². The van der Waals surface area contributed by atoms with Gasteiger partial charge in [0.05, 0.1) is 18.1 Å². The smallest absolute Gasteiger partial charge is 0.251 e. The third-order valence-electron chi connectivity index (χ3n) is 3.81. The molecule has 0 saturated heterocycles. The van der Waals surface area contributed by atoms with Crippen molar-refractivity contribution in [3.05, 3.63) is 41.6 Å². The van der Waals surface area contributed by atoms with E-state index >= 15 is 0 Å². The van der Waals surface area contributed by atoms with Gasteiger partial charge in [-0.3, -0.25) is 19.8 Å². The highest BCUT2D eigenvalue weighted by Crippen LogP contribution is 2.12. The molecule has 0 aliphatic carbocycles. The lowest BCUT2D eigenvalue weighted by Crippen LogP contribution is -2.37. The fourth-order valence-electron chi connectivity index (χ4n) is 2.39. The van der Waals surface area contributed by atoms with Crippen LogP contribution in [0.15, 0.2) is 24.4 Å². The van der Waals surface area contributed by atoms with Crippen LogP contribution in [0.25, 0.3) is 10.9 Å². The largest absolute Gasteiger partial charge is 0.350 e. The molecule has 2 aromatic heterocycles. The number of benzene rings is 1. The highest BCUT2D eigenvalue weighted by Gasteiger charge is 2.13. The third kappa shape index (κ3) is 4.00. The van der Waals surface area contributed by atoms with Crippen LogP contribution in [0.3, 0.4) is 0 Å². The van der Waals surface area contributed by atoms with Crippen molar-refractivity contribution in [1.29, 1.82) is 0 Å². The van der Waals surface area contributed by atoms with E-state index in [1.807, 2.05) is 6.07 Å². The molecule has 3 N–H and O–H groups in total. The molecule has 130 valence electrons. The van der Waals surface area contributed by atoms with Crippen molar-refractivity contribution in [3.8, 4) is 0 Å². The Balaban J connectivity index is 1.47. The van der Waals surface area contributed by atoms with E-state index in [2.05, 4.69) is 30.7 Å². The molecule has 9 heteroatoms. The number of carbonyl (C=O) groups is 2. The van der Waals surface area contributed by atoms with Crippen molar-refractivity contribution in [1.82, 2.24) is 35.6 Å². The summed E-state index contributed by atoms with van der Waals surface area (Å²) in [5.74, 6) is 0.848. The summed E-state index contributed by atoms with van der Waals surface area (Å²) in [6.07, 6.45) is 1.80. The summed E-state index contributed by atoms with van der Waals surface area (Å²) in [4.78, 5) is 29.9. The molecule has 0 fully saturated rings. The quantitative estimate of drug-likeness (QED) is 0.600. The second-order valence-corrected chi connectivity index (χ2v) is 5.76. The molecular formula is C16H19N7O2. The summed E-state index contributed by atoms with van der Waals surface area (Å²) < 4.78 is 0. The fraction of sp³-hybridized carbons (Fsp3) is 0.312. The Kier molecular flexibility index (Phi) is 4.73. The Morgan fingerprint density at radius 2 is 2.12 bits per heavy atom. The van der Waals surface area contributed by atoms with E-state index in [9.17, 15) is 9.59 Å². The number of nitrogens with one attached hydrogen (secondary N) is 3. The van der Waals surface area contributed by atoms with Crippen LogP contribution in [0.4, 0.5) is 0 Å². The zero-order valence-electron chi connectivity index (χ0n) is 14.0. The average Bonchev–Trinajstić information content (AvgIpc) is 3.22. The zero-order valence-corrected chi connectivity index (χ0v) is 14.0. The van der Waals surface area contributed by atoms with Crippen molar-refractivity contribution in [2.24, 2.45) is 0 Å². The van der Waals surface area contributed by atoms with E-state index in [0.29, 0.717) is 30.3 Å². The van der Waals surface area contributed by atoms with E-state index in [4.69, 9.17) is 0 Å². The summed E-state index contributed by atoms with van der Waals surface area (Å²) >= 11 is 0. The summed E-state index contributed by atoms with van der Waals surface area (Å²) in [6, 6.07) is 5.32. The third-order valence-corrected chi connectivity index (χ3v) is 3.81. The number of rotatable bonds is 6. The van der Waals surface area contributed by atoms with E-state index in [0.717, 1.165) is 10.9 Å². The Hall–Kier alpha value is -3.23. The molecular weight excluding hydrogens is 322 g/mol. The van der Waals surface area contributed by atoms with Crippen LogP contribution in [-0.2, 0) is 11.2 Å². The van der Waals surface area contributed by atoms with Gasteiger partial charge < -0.3 is 10.2 Å². The minimum Gasteiger partial charge on any atom is -0.350 e. The van der Waals surface area contributed by atoms with Gasteiger partial charge in [-0.1, -0.05) is 0 Å². The van der Waals surface area contributed by atoms with Gasteiger partial charge in [0.15, 0.2) is 5.82 Å². The molecule has 0 aliphatic heterocycles. The molecule has 0 saturated carbocycles. The average molecular weight is 341 g/mol. The number of carbonyl (C=O) groups excluding carboxylic acids is 2. The molecule has 25 heavy (non-hydrogen) atoms. The van der Waals surface area contributed by atoms with Gasteiger partial charge in [0.1, 0.15) is 5.82 Å². The van der Waals surface area contributed by atoms with Crippen LogP contribution >= 0.6 is 0 Å². The van der Waals surface area contributed by atoms with Crippen LogP contribution < -0.4 is 5.32 Å². The maximum Gasteiger partial charge on any atom is 0.251 e. The van der Waals surface area contributed by atoms with E-state index in [1.54, 1.807) is 37.2 Å². The molecule has 0 bridgehead atoms. The van der Waals surface area contributed by atoms with Crippen molar-refractivity contribution in [2.45, 2.75) is 13.3 Å². The topological polar surface area (TPSA) is 120 Å². The Morgan fingerprint density at radius 1 is 1.28 bits per heavy atom. The number of aromatic nitrogens is 5. The van der Waals surface area contributed by atoms with Crippen LogP contribution in [0.5, 0.6) is 0 Å². The molecule has 0 unspecified atom stereocenters. The first-order chi connectivity index (χ1) is 12.0. The number of amides is 2. The first-order valence-electron chi connectivity index (χ1n) is 7.86. The maximum absolute atomic E-state index is 12.2. The van der Waals surface area contributed by atoms with E-state index < -0.39 is 0 Å². The molecule has 3 aromatic rings. The van der Waals surface area contributed by atoms with Gasteiger partial charge in [-0.15, -0.1) is 0 Å². The molecule has 0 spiro atoms. The highest BCUT2D eigenvalue weighted by atomic mass is 16.2. The monoisotopic (exact) mass is 341 g/mol. The SMILES string of the molecule is Cc1nc(CC(=O)N(C)CCNC(=O)c2ccc3[nH]ncc3c2)n[nH]1. The number of likely N-dealkylation sites (N-methyl/N-ethyl adjacent to an activating group) is 1. The predicted molar refractivity (Wildman–Crippen MR) is 90.9 cm³/mol.